The van der Waals surface area contributed by atoms with E-state index < -0.39 is 23.1 Å². The van der Waals surface area contributed by atoms with Gasteiger partial charge in [0.15, 0.2) is 28.7 Å². The van der Waals surface area contributed by atoms with Gasteiger partial charge in [0.1, 0.15) is 20.1 Å². The molecule has 3 aromatic carbocycles. The fourth-order valence-electron chi connectivity index (χ4n) is 4.06. The van der Waals surface area contributed by atoms with Crippen LogP contribution in [-0.4, -0.2) is 16.2 Å². The molecule has 0 radical (unpaired) electrons. The van der Waals surface area contributed by atoms with E-state index in [4.69, 9.17) is 89.8 Å². The van der Waals surface area contributed by atoms with Crippen molar-refractivity contribution in [3.63, 3.8) is 0 Å². The smallest absolute Gasteiger partial charge is 0.340 e. The van der Waals surface area contributed by atoms with Crippen molar-refractivity contribution in [2.24, 2.45) is 5.90 Å². The Morgan fingerprint density at radius 3 is 1.79 bits per heavy atom. The number of benzene rings is 3. The molecule has 0 atom stereocenters. The van der Waals surface area contributed by atoms with Crippen LogP contribution < -0.4 is 15.5 Å². The van der Waals surface area contributed by atoms with E-state index in [1.807, 2.05) is 0 Å². The second kappa shape index (κ2) is 7.52. The maximum absolute atomic E-state index is 13.0. The van der Waals surface area contributed by atoms with E-state index in [-0.39, 0.29) is 69.6 Å². The van der Waals surface area contributed by atoms with Crippen LogP contribution in [0.4, 0.5) is 0 Å². The molecule has 2 aliphatic rings. The third-order valence-corrected chi connectivity index (χ3v) is 7.77. The fourth-order valence-corrected chi connectivity index (χ4v) is 5.61. The average Bonchev–Trinajstić information content (AvgIpc) is 3.10. The third kappa shape index (κ3) is 2.73. The number of aromatic hydroxyl groups is 2. The lowest BCUT2D eigenvalue weighted by Gasteiger charge is -2.39. The summed E-state index contributed by atoms with van der Waals surface area (Å²) in [4.78, 5) is 18.1. The molecule has 1 spiro atoms. The fraction of sp³-hybridized carbons (Fsp3) is 0.0500. The van der Waals surface area contributed by atoms with Gasteiger partial charge in [0.05, 0.1) is 32.3 Å². The van der Waals surface area contributed by atoms with Crippen LogP contribution in [0.3, 0.4) is 0 Å². The molecule has 0 aromatic heterocycles. The molecule has 4 N–H and O–H groups in total. The molecule has 2 heterocycles. The molecule has 0 saturated carbocycles. The van der Waals surface area contributed by atoms with Crippen molar-refractivity contribution in [1.29, 1.82) is 0 Å². The lowest BCUT2D eigenvalue weighted by atomic mass is 9.77. The number of phenols is 2. The van der Waals surface area contributed by atoms with E-state index in [9.17, 15) is 15.0 Å². The first kappa shape index (κ1) is 22.8. The van der Waals surface area contributed by atoms with Gasteiger partial charge in [-0.3, -0.25) is 0 Å². The third-order valence-electron chi connectivity index (χ3n) is 5.39. The van der Waals surface area contributed by atoms with Gasteiger partial charge < -0.3 is 24.5 Å². The lowest BCUT2D eigenvalue weighted by Crippen LogP contribution is -2.35. The molecule has 3 aromatic rings. The van der Waals surface area contributed by atoms with Crippen LogP contribution in [0, 0.1) is 0 Å². The highest BCUT2D eigenvalue weighted by Crippen LogP contribution is 2.67. The Bertz CT molecular complexity index is 1360. The molecule has 0 saturated heterocycles. The number of phenolic OH excluding ortho intramolecular Hbond substituents is 2. The predicted octanol–water partition coefficient (Wildman–Crippen LogP) is 6.84. The Labute approximate surface area is 214 Å². The summed E-state index contributed by atoms with van der Waals surface area (Å²) in [6, 6.07) is 4.43. The van der Waals surface area contributed by atoms with Gasteiger partial charge in [0, 0.05) is 0 Å². The summed E-state index contributed by atoms with van der Waals surface area (Å²) >= 11 is 38.2. The highest BCUT2D eigenvalue weighted by Gasteiger charge is 2.59. The summed E-state index contributed by atoms with van der Waals surface area (Å²) in [7, 11) is 0. The van der Waals surface area contributed by atoms with E-state index >= 15 is 0 Å². The molecule has 0 aliphatic carbocycles. The molecule has 0 bridgehead atoms. The van der Waals surface area contributed by atoms with Crippen molar-refractivity contribution >= 4 is 75.6 Å². The van der Waals surface area contributed by atoms with Crippen LogP contribution >= 0.6 is 69.6 Å². The number of carbonyl (C=O) groups excluding carboxylic acids is 1. The highest BCUT2D eigenvalue weighted by atomic mass is 35.5. The minimum atomic E-state index is -2.04. The van der Waals surface area contributed by atoms with Crippen molar-refractivity contribution in [1.82, 2.24) is 0 Å². The number of ether oxygens (including phenoxy) is 2. The zero-order chi connectivity index (χ0) is 24.0. The molecule has 13 heteroatoms. The maximum Gasteiger partial charge on any atom is 0.340 e. The summed E-state index contributed by atoms with van der Waals surface area (Å²) in [5, 5.41) is 18.8. The zero-order valence-electron chi connectivity index (χ0n) is 15.6. The first-order valence-electron chi connectivity index (χ1n) is 8.79. The Balaban J connectivity index is 2.09. The molecular formula is C20H7Cl6NO6. The second-order valence-corrected chi connectivity index (χ2v) is 9.23. The largest absolute Gasteiger partial charge is 0.505 e. The molecule has 170 valence electrons. The first-order chi connectivity index (χ1) is 15.6. The maximum atomic E-state index is 13.0. The Hall–Kier alpha value is -1.97. The number of hydrogen-bond acceptors (Lipinski definition) is 7. The minimum absolute atomic E-state index is 0.00456. The summed E-state index contributed by atoms with van der Waals surface area (Å²) in [5.74, 6) is 2.96. The van der Waals surface area contributed by atoms with E-state index in [0.29, 0.717) is 0 Å². The minimum Gasteiger partial charge on any atom is -0.505 e. The monoisotopic (exact) mass is 567 g/mol. The number of rotatable bonds is 1. The normalized spacial score (nSPS) is 14.9. The Kier molecular flexibility index (Phi) is 5.19. The Morgan fingerprint density at radius 1 is 0.788 bits per heavy atom. The van der Waals surface area contributed by atoms with Crippen molar-refractivity contribution in [2.45, 2.75) is 5.60 Å². The zero-order valence-corrected chi connectivity index (χ0v) is 20.1. The Morgan fingerprint density at radius 2 is 1.30 bits per heavy atom. The molecular weight excluding hydrogens is 563 g/mol. The van der Waals surface area contributed by atoms with Gasteiger partial charge in [-0.05, 0) is 12.1 Å². The number of fused-ring (bicyclic) bond motifs is 6. The van der Waals surface area contributed by atoms with E-state index in [2.05, 4.69) is 0 Å². The van der Waals surface area contributed by atoms with Gasteiger partial charge in [-0.2, -0.15) is 5.90 Å². The SMILES string of the molecule is NOc1cccc2c1C1(OC2=O)c2c(Cl)c(Cl)c(O)c(Cl)c2Oc2c(Cl)c(O)c(Cl)c(Cl)c21. The number of hydrogen-bond donors (Lipinski definition) is 3. The van der Waals surface area contributed by atoms with E-state index in [1.54, 1.807) is 0 Å². The molecule has 5 rings (SSSR count). The number of carbonyl (C=O) groups is 1. The van der Waals surface area contributed by atoms with Crippen LogP contribution in [0.5, 0.6) is 28.7 Å². The van der Waals surface area contributed by atoms with Crippen molar-refractivity contribution in [3.8, 4) is 28.7 Å². The quantitative estimate of drug-likeness (QED) is 0.167. The van der Waals surface area contributed by atoms with Gasteiger partial charge in [-0.1, -0.05) is 75.7 Å². The predicted molar refractivity (Wildman–Crippen MR) is 123 cm³/mol. The number of esters is 1. The number of halogens is 6. The van der Waals surface area contributed by atoms with Gasteiger partial charge in [-0.25, -0.2) is 4.79 Å². The molecule has 7 nitrogen and oxygen atoms in total. The van der Waals surface area contributed by atoms with Crippen molar-refractivity contribution < 1.29 is 29.3 Å². The number of nitrogens with two attached hydrogens (primary N) is 1. The molecule has 0 fully saturated rings. The van der Waals surface area contributed by atoms with Gasteiger partial charge in [-0.15, -0.1) is 0 Å². The van der Waals surface area contributed by atoms with Gasteiger partial charge in [0.2, 0.25) is 5.60 Å². The van der Waals surface area contributed by atoms with E-state index in [1.165, 1.54) is 18.2 Å². The van der Waals surface area contributed by atoms with Crippen LogP contribution in [0.2, 0.25) is 30.1 Å². The van der Waals surface area contributed by atoms with Crippen LogP contribution in [0.25, 0.3) is 0 Å². The summed E-state index contributed by atoms with van der Waals surface area (Å²) in [6.07, 6.45) is 0. The first-order valence-corrected chi connectivity index (χ1v) is 11.1. The summed E-state index contributed by atoms with van der Waals surface area (Å²) < 4.78 is 11.7. The summed E-state index contributed by atoms with van der Waals surface area (Å²) in [5.41, 5.74) is -2.12. The molecule has 0 unspecified atom stereocenters. The standard InChI is InChI=1S/C20H7Cl6NO6/c21-9-7-17(13(25)15(28)11(9)23)31-18-8(10(22)12(24)16(29)14(18)26)20(7)6-4(19(30)32-20)2-1-3-5(6)33-27/h1-3,28-29H,27H2. The van der Waals surface area contributed by atoms with Gasteiger partial charge >= 0.3 is 5.97 Å². The van der Waals surface area contributed by atoms with Crippen LogP contribution in [0.1, 0.15) is 27.0 Å². The molecule has 0 amide bonds. The highest BCUT2D eigenvalue weighted by molar-refractivity contribution is 6.47. The van der Waals surface area contributed by atoms with Crippen molar-refractivity contribution in [3.05, 3.63) is 70.6 Å². The average molecular weight is 570 g/mol. The second-order valence-electron chi connectivity index (χ2n) is 6.96. The van der Waals surface area contributed by atoms with Gasteiger partial charge in [0.25, 0.3) is 0 Å². The van der Waals surface area contributed by atoms with Crippen LogP contribution in [0.15, 0.2) is 18.2 Å². The summed E-state index contributed by atoms with van der Waals surface area (Å²) in [6.45, 7) is 0. The lowest BCUT2D eigenvalue weighted by molar-refractivity contribution is 0.0219. The van der Waals surface area contributed by atoms with Crippen LogP contribution in [-0.2, 0) is 10.3 Å². The van der Waals surface area contributed by atoms with E-state index in [0.717, 1.165) is 0 Å². The topological polar surface area (TPSA) is 111 Å². The van der Waals surface area contributed by atoms with Crippen molar-refractivity contribution in [2.75, 3.05) is 0 Å². The molecule has 33 heavy (non-hydrogen) atoms. The molecule has 2 aliphatic heterocycles.